The van der Waals surface area contributed by atoms with E-state index in [1.807, 2.05) is 42.5 Å². The molecule has 0 amide bonds. The molecule has 5 heteroatoms. The second-order valence-electron chi connectivity index (χ2n) is 5.22. The van der Waals surface area contributed by atoms with Gasteiger partial charge in [0.25, 0.3) is 0 Å². The van der Waals surface area contributed by atoms with E-state index < -0.39 is 0 Å². The summed E-state index contributed by atoms with van der Waals surface area (Å²) in [6.07, 6.45) is 2.93. The number of aromatic hydroxyl groups is 2. The van der Waals surface area contributed by atoms with E-state index in [0.717, 1.165) is 22.4 Å². The van der Waals surface area contributed by atoms with Crippen molar-refractivity contribution in [2.75, 3.05) is 0 Å². The number of hydrogen-bond acceptors (Lipinski definition) is 4. The fraction of sp³-hybridized carbons (Fsp3) is 0. The van der Waals surface area contributed by atoms with E-state index in [2.05, 4.69) is 10.1 Å². The van der Waals surface area contributed by atoms with Crippen LogP contribution in [0.2, 0.25) is 0 Å². The van der Waals surface area contributed by atoms with E-state index in [9.17, 15) is 10.2 Å². The minimum absolute atomic E-state index is 0.0527. The van der Waals surface area contributed by atoms with Gasteiger partial charge in [-0.05, 0) is 29.8 Å². The lowest BCUT2D eigenvalue weighted by Crippen LogP contribution is -1.88. The summed E-state index contributed by atoms with van der Waals surface area (Å²) in [4.78, 5) is 4.32. The lowest BCUT2D eigenvalue weighted by atomic mass is 10.0. The third-order valence-electron chi connectivity index (χ3n) is 3.66. The monoisotopic (exact) mass is 303 g/mol. The van der Waals surface area contributed by atoms with Crippen molar-refractivity contribution in [3.63, 3.8) is 0 Å². The summed E-state index contributed by atoms with van der Waals surface area (Å²) >= 11 is 0. The van der Waals surface area contributed by atoms with Gasteiger partial charge in [-0.15, -0.1) is 0 Å². The molecule has 23 heavy (non-hydrogen) atoms. The van der Waals surface area contributed by atoms with Gasteiger partial charge in [-0.1, -0.05) is 30.3 Å². The third-order valence-corrected chi connectivity index (χ3v) is 3.66. The number of rotatable bonds is 2. The van der Waals surface area contributed by atoms with Crippen LogP contribution in [0, 0.1) is 0 Å². The molecule has 0 fully saturated rings. The minimum Gasteiger partial charge on any atom is -0.508 e. The predicted octanol–water partition coefficient (Wildman–Crippen LogP) is 3.47. The minimum atomic E-state index is 0.0527. The van der Waals surface area contributed by atoms with Crippen LogP contribution in [0.1, 0.15) is 0 Å². The fourth-order valence-corrected chi connectivity index (χ4v) is 2.62. The Labute approximate surface area is 132 Å². The topological polar surface area (TPSA) is 70.7 Å². The summed E-state index contributed by atoms with van der Waals surface area (Å²) in [6, 6.07) is 16.7. The SMILES string of the molecule is Oc1ccc(-c2nn3cc(O)cnc3c2-c2ccccc2)cc1. The van der Waals surface area contributed by atoms with Crippen molar-refractivity contribution in [3.8, 4) is 33.9 Å². The van der Waals surface area contributed by atoms with Crippen molar-refractivity contribution in [2.24, 2.45) is 0 Å². The molecule has 112 valence electrons. The number of fused-ring (bicyclic) bond motifs is 1. The van der Waals surface area contributed by atoms with Crippen molar-refractivity contribution < 1.29 is 10.2 Å². The Morgan fingerprint density at radius 1 is 0.783 bits per heavy atom. The number of phenolic OH excluding ortho intramolecular Hbond substituents is 1. The first-order chi connectivity index (χ1) is 11.2. The molecule has 0 atom stereocenters. The summed E-state index contributed by atoms with van der Waals surface area (Å²) in [5, 5.41) is 23.7. The van der Waals surface area contributed by atoms with Gasteiger partial charge in [-0.2, -0.15) is 5.10 Å². The van der Waals surface area contributed by atoms with Gasteiger partial charge in [0.2, 0.25) is 0 Å². The normalized spacial score (nSPS) is 11.0. The van der Waals surface area contributed by atoms with Crippen molar-refractivity contribution in [3.05, 3.63) is 67.0 Å². The van der Waals surface area contributed by atoms with Crippen molar-refractivity contribution >= 4 is 5.65 Å². The molecule has 0 aliphatic carbocycles. The summed E-state index contributed by atoms with van der Waals surface area (Å²) in [6.45, 7) is 0. The van der Waals surface area contributed by atoms with E-state index in [-0.39, 0.29) is 11.5 Å². The van der Waals surface area contributed by atoms with Crippen molar-refractivity contribution in [1.82, 2.24) is 14.6 Å². The molecular formula is C18H13N3O2. The van der Waals surface area contributed by atoms with Crippen LogP contribution in [0.25, 0.3) is 28.0 Å². The van der Waals surface area contributed by atoms with Crippen LogP contribution in [0.4, 0.5) is 0 Å². The molecular weight excluding hydrogens is 290 g/mol. The zero-order valence-corrected chi connectivity index (χ0v) is 12.1. The Morgan fingerprint density at radius 2 is 1.52 bits per heavy atom. The zero-order valence-electron chi connectivity index (χ0n) is 12.1. The van der Waals surface area contributed by atoms with Gasteiger partial charge >= 0.3 is 0 Å². The number of phenols is 1. The maximum atomic E-state index is 9.65. The first kappa shape index (κ1) is 13.3. The van der Waals surface area contributed by atoms with Crippen LogP contribution >= 0.6 is 0 Å². The predicted molar refractivity (Wildman–Crippen MR) is 87.2 cm³/mol. The zero-order chi connectivity index (χ0) is 15.8. The standard InChI is InChI=1S/C18H13N3O2/c22-14-8-6-13(7-9-14)17-16(12-4-2-1-3-5-12)18-19-10-15(23)11-21(18)20-17/h1-11,22-23H. The van der Waals surface area contributed by atoms with E-state index >= 15 is 0 Å². The molecule has 0 aliphatic rings. The maximum Gasteiger partial charge on any atom is 0.163 e. The second-order valence-corrected chi connectivity index (χ2v) is 5.22. The van der Waals surface area contributed by atoms with Gasteiger partial charge in [0.1, 0.15) is 11.4 Å². The highest BCUT2D eigenvalue weighted by atomic mass is 16.3. The van der Waals surface area contributed by atoms with E-state index in [1.165, 1.54) is 12.4 Å². The molecule has 4 rings (SSSR count). The van der Waals surface area contributed by atoms with Crippen molar-refractivity contribution in [1.29, 1.82) is 0 Å². The summed E-state index contributed by atoms with van der Waals surface area (Å²) in [7, 11) is 0. The van der Waals surface area contributed by atoms with Crippen LogP contribution in [-0.4, -0.2) is 24.8 Å². The van der Waals surface area contributed by atoms with Crippen LogP contribution in [-0.2, 0) is 0 Å². The lowest BCUT2D eigenvalue weighted by Gasteiger charge is -2.03. The highest BCUT2D eigenvalue weighted by molar-refractivity contribution is 5.90. The molecule has 0 bridgehead atoms. The molecule has 2 aromatic heterocycles. The van der Waals surface area contributed by atoms with Gasteiger partial charge in [0, 0.05) is 5.56 Å². The quantitative estimate of drug-likeness (QED) is 0.595. The molecule has 0 saturated heterocycles. The van der Waals surface area contributed by atoms with Gasteiger partial charge in [0.05, 0.1) is 18.0 Å². The van der Waals surface area contributed by atoms with Gasteiger partial charge in [-0.25, -0.2) is 9.50 Å². The molecule has 4 aromatic rings. The molecule has 5 nitrogen and oxygen atoms in total. The average Bonchev–Trinajstić information content (AvgIpc) is 2.94. The Hall–Kier alpha value is -3.34. The second kappa shape index (κ2) is 5.14. The molecule has 0 saturated carbocycles. The van der Waals surface area contributed by atoms with Crippen LogP contribution < -0.4 is 0 Å². The third kappa shape index (κ3) is 2.28. The Morgan fingerprint density at radius 3 is 2.26 bits per heavy atom. The number of nitrogens with zero attached hydrogens (tertiary/aromatic N) is 3. The first-order valence-electron chi connectivity index (χ1n) is 7.14. The van der Waals surface area contributed by atoms with Gasteiger partial charge < -0.3 is 10.2 Å². The molecule has 0 aliphatic heterocycles. The summed E-state index contributed by atoms with van der Waals surface area (Å²) in [5.41, 5.74) is 4.15. The smallest absolute Gasteiger partial charge is 0.163 e. The average molecular weight is 303 g/mol. The lowest BCUT2D eigenvalue weighted by molar-refractivity contribution is 0.467. The molecule has 2 aromatic carbocycles. The Bertz CT molecular complexity index is 977. The van der Waals surface area contributed by atoms with Crippen LogP contribution in [0.5, 0.6) is 11.5 Å². The van der Waals surface area contributed by atoms with Gasteiger partial charge in [0.15, 0.2) is 11.4 Å². The largest absolute Gasteiger partial charge is 0.508 e. The highest BCUT2D eigenvalue weighted by Gasteiger charge is 2.17. The molecule has 0 unspecified atom stereocenters. The van der Waals surface area contributed by atoms with E-state index in [1.54, 1.807) is 16.6 Å². The molecule has 2 N–H and O–H groups in total. The van der Waals surface area contributed by atoms with Crippen molar-refractivity contribution in [2.45, 2.75) is 0 Å². The number of aromatic nitrogens is 3. The molecule has 0 spiro atoms. The number of hydrogen-bond donors (Lipinski definition) is 2. The summed E-state index contributed by atoms with van der Waals surface area (Å²) in [5.74, 6) is 0.256. The first-order valence-corrected chi connectivity index (χ1v) is 7.14. The summed E-state index contributed by atoms with van der Waals surface area (Å²) < 4.78 is 1.57. The van der Waals surface area contributed by atoms with Crippen LogP contribution in [0.15, 0.2) is 67.0 Å². The van der Waals surface area contributed by atoms with Crippen LogP contribution in [0.3, 0.4) is 0 Å². The highest BCUT2D eigenvalue weighted by Crippen LogP contribution is 2.35. The number of benzene rings is 2. The Kier molecular flexibility index (Phi) is 2.98. The van der Waals surface area contributed by atoms with E-state index in [0.29, 0.717) is 5.65 Å². The Balaban J connectivity index is 2.04. The molecule has 2 heterocycles. The maximum absolute atomic E-state index is 9.65. The van der Waals surface area contributed by atoms with E-state index in [4.69, 9.17) is 0 Å². The fourth-order valence-electron chi connectivity index (χ4n) is 2.62. The molecule has 0 radical (unpaired) electrons. The van der Waals surface area contributed by atoms with Gasteiger partial charge in [-0.3, -0.25) is 0 Å².